The highest BCUT2D eigenvalue weighted by Gasteiger charge is 2.77. The van der Waals surface area contributed by atoms with E-state index in [1.165, 1.54) is 0 Å². The molecule has 0 aromatic rings. The zero-order valence-corrected chi connectivity index (χ0v) is 23.4. The first kappa shape index (κ1) is 28.6. The molecule has 0 heterocycles. The van der Waals surface area contributed by atoms with Gasteiger partial charge in [-0.15, -0.1) is 0 Å². The van der Waals surface area contributed by atoms with Crippen LogP contribution in [-0.2, 0) is 33.4 Å². The van der Waals surface area contributed by atoms with E-state index in [-0.39, 0.29) is 36.9 Å². The number of ether oxygens (including phenoxy) is 1. The number of aliphatic hydroxyl groups excluding tert-OH is 1. The van der Waals surface area contributed by atoms with Gasteiger partial charge in [-0.3, -0.25) is 18.6 Å². The molecule has 3 unspecified atom stereocenters. The van der Waals surface area contributed by atoms with Crippen molar-refractivity contribution >= 4 is 27.7 Å². The Balaban J connectivity index is 1.79. The van der Waals surface area contributed by atoms with Crippen molar-refractivity contribution < 1.29 is 41.2 Å². The minimum atomic E-state index is -3.94. The SMILES string of the molecule is CCCC(=O)O[C@]1(C(=O)COS(C)(=O)=O)C(C)C[C@H]2[C@@H]3CCC4CC(=O)CC[C@]4(C)[C@@]3(F)C(O)C[C@@]21C. The molecule has 9 atom stereocenters. The lowest BCUT2D eigenvalue weighted by Crippen LogP contribution is -2.71. The number of fused-ring (bicyclic) bond motifs is 5. The topological polar surface area (TPSA) is 124 Å². The quantitative estimate of drug-likeness (QED) is 0.381. The number of carbonyl (C=O) groups excluding carboxylic acids is 3. The maximum absolute atomic E-state index is 17.5. The van der Waals surface area contributed by atoms with Crippen LogP contribution in [0.15, 0.2) is 0 Å². The van der Waals surface area contributed by atoms with Crippen LogP contribution >= 0.6 is 0 Å². The van der Waals surface area contributed by atoms with E-state index in [9.17, 15) is 27.9 Å². The predicted molar refractivity (Wildman–Crippen MR) is 133 cm³/mol. The zero-order chi connectivity index (χ0) is 27.6. The fraction of sp³-hybridized carbons (Fsp3) is 0.889. The normalized spacial score (nSPS) is 45.5. The van der Waals surface area contributed by atoms with Crippen LogP contribution in [0.4, 0.5) is 4.39 Å². The van der Waals surface area contributed by atoms with Crippen molar-refractivity contribution in [2.24, 2.45) is 34.5 Å². The second kappa shape index (κ2) is 9.37. The Labute approximate surface area is 219 Å². The smallest absolute Gasteiger partial charge is 0.306 e. The van der Waals surface area contributed by atoms with Crippen molar-refractivity contribution in [3.05, 3.63) is 0 Å². The summed E-state index contributed by atoms with van der Waals surface area (Å²) >= 11 is 0. The molecule has 0 aromatic heterocycles. The molecule has 210 valence electrons. The molecule has 37 heavy (non-hydrogen) atoms. The maximum atomic E-state index is 17.5. The third-order valence-corrected chi connectivity index (χ3v) is 11.2. The summed E-state index contributed by atoms with van der Waals surface area (Å²) in [6.45, 7) is 6.43. The number of aliphatic hydroxyl groups is 1. The Morgan fingerprint density at radius 1 is 1.16 bits per heavy atom. The molecule has 8 nitrogen and oxygen atoms in total. The Kier molecular flexibility index (Phi) is 7.24. The zero-order valence-electron chi connectivity index (χ0n) is 22.5. The van der Waals surface area contributed by atoms with E-state index in [4.69, 9.17) is 8.92 Å². The number of esters is 1. The van der Waals surface area contributed by atoms with Gasteiger partial charge >= 0.3 is 5.97 Å². The lowest BCUT2D eigenvalue weighted by molar-refractivity contribution is -0.257. The van der Waals surface area contributed by atoms with Gasteiger partial charge in [-0.25, -0.2) is 4.39 Å². The Bertz CT molecular complexity index is 1080. The summed E-state index contributed by atoms with van der Waals surface area (Å²) in [5.41, 5.74) is -5.70. The molecule has 0 aliphatic heterocycles. The van der Waals surface area contributed by atoms with Crippen LogP contribution in [0.2, 0.25) is 0 Å². The van der Waals surface area contributed by atoms with Crippen molar-refractivity contribution in [2.45, 2.75) is 103 Å². The number of hydrogen-bond donors (Lipinski definition) is 1. The fourth-order valence-corrected chi connectivity index (χ4v) is 9.26. The summed E-state index contributed by atoms with van der Waals surface area (Å²) in [6, 6.07) is 0. The average Bonchev–Trinajstić information content (AvgIpc) is 3.00. The third kappa shape index (κ3) is 4.11. The van der Waals surface area contributed by atoms with E-state index in [0.29, 0.717) is 38.5 Å². The number of rotatable bonds is 7. The number of halogens is 1. The molecule has 0 radical (unpaired) electrons. The van der Waals surface area contributed by atoms with Crippen molar-refractivity contribution in [1.82, 2.24) is 0 Å². The van der Waals surface area contributed by atoms with Crippen LogP contribution in [0.3, 0.4) is 0 Å². The van der Waals surface area contributed by atoms with Crippen molar-refractivity contribution in [3.63, 3.8) is 0 Å². The average molecular weight is 545 g/mol. The molecule has 0 aromatic carbocycles. The summed E-state index contributed by atoms with van der Waals surface area (Å²) < 4.78 is 51.8. The molecule has 0 bridgehead atoms. The lowest BCUT2D eigenvalue weighted by Gasteiger charge is -2.65. The molecule has 0 saturated heterocycles. The molecule has 10 heteroatoms. The van der Waals surface area contributed by atoms with E-state index in [0.717, 1.165) is 6.26 Å². The van der Waals surface area contributed by atoms with Crippen LogP contribution in [0.1, 0.15) is 85.5 Å². The van der Waals surface area contributed by atoms with Gasteiger partial charge in [0.25, 0.3) is 10.1 Å². The number of Topliss-reactive ketones (excluding diaryl/α,β-unsaturated/α-hetero) is 2. The minimum absolute atomic E-state index is 0.0717. The van der Waals surface area contributed by atoms with Gasteiger partial charge in [0.1, 0.15) is 18.1 Å². The summed E-state index contributed by atoms with van der Waals surface area (Å²) in [5, 5.41) is 11.6. The van der Waals surface area contributed by atoms with Gasteiger partial charge < -0.3 is 9.84 Å². The van der Waals surface area contributed by atoms with E-state index in [2.05, 4.69) is 0 Å². The van der Waals surface area contributed by atoms with E-state index in [1.807, 2.05) is 6.92 Å². The largest absolute Gasteiger partial charge is 0.450 e. The van der Waals surface area contributed by atoms with E-state index >= 15 is 4.39 Å². The summed E-state index contributed by atoms with van der Waals surface area (Å²) in [5.74, 6) is -2.79. The highest BCUT2D eigenvalue weighted by atomic mass is 32.2. The minimum Gasteiger partial charge on any atom is -0.450 e. The Morgan fingerprint density at radius 3 is 2.46 bits per heavy atom. The predicted octanol–water partition coefficient (Wildman–Crippen LogP) is 3.53. The lowest BCUT2D eigenvalue weighted by atomic mass is 9.42. The molecule has 4 saturated carbocycles. The third-order valence-electron chi connectivity index (χ3n) is 10.6. The Hall–Kier alpha value is -1.39. The van der Waals surface area contributed by atoms with Gasteiger partial charge in [0, 0.05) is 36.0 Å². The van der Waals surface area contributed by atoms with Gasteiger partial charge in [0.2, 0.25) is 5.78 Å². The van der Waals surface area contributed by atoms with Crippen LogP contribution in [-0.4, -0.2) is 61.3 Å². The fourth-order valence-electron chi connectivity index (χ4n) is 8.94. The second-order valence-electron chi connectivity index (χ2n) is 12.5. The molecule has 4 fully saturated rings. The molecule has 1 N–H and O–H groups in total. The van der Waals surface area contributed by atoms with Crippen LogP contribution in [0, 0.1) is 34.5 Å². The van der Waals surface area contributed by atoms with Gasteiger partial charge in [-0.1, -0.05) is 27.7 Å². The molecule has 4 rings (SSSR count). The van der Waals surface area contributed by atoms with Gasteiger partial charge in [0.05, 0.1) is 12.4 Å². The number of carbonyl (C=O) groups is 3. The first-order chi connectivity index (χ1) is 17.1. The summed E-state index contributed by atoms with van der Waals surface area (Å²) in [7, 11) is -3.94. The number of alkyl halides is 1. The van der Waals surface area contributed by atoms with E-state index < -0.39 is 68.5 Å². The van der Waals surface area contributed by atoms with Gasteiger partial charge in [0.15, 0.2) is 5.60 Å². The first-order valence-electron chi connectivity index (χ1n) is 13.5. The van der Waals surface area contributed by atoms with E-state index in [1.54, 1.807) is 20.8 Å². The molecular weight excluding hydrogens is 503 g/mol. The van der Waals surface area contributed by atoms with Gasteiger partial charge in [-0.2, -0.15) is 8.42 Å². The van der Waals surface area contributed by atoms with Crippen molar-refractivity contribution in [1.29, 1.82) is 0 Å². The number of ketones is 2. The molecule has 4 aliphatic carbocycles. The van der Waals surface area contributed by atoms with Crippen LogP contribution in [0.25, 0.3) is 0 Å². The second-order valence-corrected chi connectivity index (χ2v) is 14.2. The van der Waals surface area contributed by atoms with Crippen LogP contribution < -0.4 is 0 Å². The van der Waals surface area contributed by atoms with Crippen LogP contribution in [0.5, 0.6) is 0 Å². The monoisotopic (exact) mass is 544 g/mol. The van der Waals surface area contributed by atoms with Crippen molar-refractivity contribution in [3.8, 4) is 0 Å². The van der Waals surface area contributed by atoms with Crippen molar-refractivity contribution in [2.75, 3.05) is 12.9 Å². The highest BCUT2D eigenvalue weighted by molar-refractivity contribution is 7.86. The first-order valence-corrected chi connectivity index (χ1v) is 15.4. The molecule has 0 spiro atoms. The molecular formula is C27H41FO8S. The summed E-state index contributed by atoms with van der Waals surface area (Å²) in [4.78, 5) is 38.9. The van der Waals surface area contributed by atoms with Gasteiger partial charge in [-0.05, 0) is 56.3 Å². The molecule has 4 aliphatic rings. The maximum Gasteiger partial charge on any atom is 0.306 e. The highest BCUT2D eigenvalue weighted by Crippen LogP contribution is 2.72. The Morgan fingerprint density at radius 2 is 1.84 bits per heavy atom. The molecule has 0 amide bonds. The number of hydrogen-bond acceptors (Lipinski definition) is 8. The standard InChI is InChI=1S/C27H41FO8S/c1-6-7-23(32)36-27(22(31)15-35-37(5,33)34)16(2)12-20-19-9-8-17-13-18(29)10-11-24(17,3)26(19,28)21(30)14-25(20,27)4/h16-17,19-21,30H,6-15H2,1-5H3/t16?,17?,19-,20-,21?,24-,25-,26-,27-/m0/s1. The summed E-state index contributed by atoms with van der Waals surface area (Å²) in [6.07, 6.45) is 2.34.